The number of hydrogen-bond donors (Lipinski definition) is 0. The Kier molecular flexibility index (Phi) is 8.37. The number of ether oxygens (including phenoxy) is 4. The molecule has 214 valence electrons. The normalized spacial score (nSPS) is 26.1. The van der Waals surface area contributed by atoms with Crippen LogP contribution in [0.15, 0.2) is 70.4 Å². The van der Waals surface area contributed by atoms with E-state index in [0.29, 0.717) is 9.63 Å². The number of fused-ring (bicyclic) bond motifs is 1. The zero-order valence-electron chi connectivity index (χ0n) is 21.2. The second-order valence-electron chi connectivity index (χ2n) is 9.31. The van der Waals surface area contributed by atoms with Crippen molar-refractivity contribution in [2.45, 2.75) is 41.0 Å². The summed E-state index contributed by atoms with van der Waals surface area (Å²) in [5.41, 5.74) is 0.385. The molecule has 4 unspecified atom stereocenters. The molecule has 41 heavy (non-hydrogen) atoms. The Labute approximate surface area is 250 Å². The first-order chi connectivity index (χ1) is 19.8. The fraction of sp³-hybridized carbons (Fsp3) is 0.296. The van der Waals surface area contributed by atoms with Gasteiger partial charge in [-0.05, 0) is 34.1 Å². The average Bonchev–Trinajstić information content (AvgIpc) is 3.47. The topological polar surface area (TPSA) is 80.5 Å². The monoisotopic (exact) mass is 668 g/mol. The summed E-state index contributed by atoms with van der Waals surface area (Å²) in [7, 11) is 1.54. The van der Waals surface area contributed by atoms with Crippen LogP contribution in [-0.4, -0.2) is 57.4 Å². The highest BCUT2D eigenvalue weighted by molar-refractivity contribution is 9.10. The lowest BCUT2D eigenvalue weighted by atomic mass is 9.95. The van der Waals surface area contributed by atoms with Gasteiger partial charge in [-0.25, -0.2) is 22.8 Å². The number of halogens is 5. The molecular formula is C27H21BrClF3N4O4S. The largest absolute Gasteiger partial charge is 0.375 e. The van der Waals surface area contributed by atoms with E-state index in [0.717, 1.165) is 22.6 Å². The number of rotatable bonds is 6. The van der Waals surface area contributed by atoms with Crippen molar-refractivity contribution in [3.8, 4) is 11.3 Å². The van der Waals surface area contributed by atoms with Crippen molar-refractivity contribution in [2.75, 3.05) is 13.7 Å². The first kappa shape index (κ1) is 28.6. The van der Waals surface area contributed by atoms with Gasteiger partial charge < -0.3 is 18.9 Å². The van der Waals surface area contributed by atoms with Gasteiger partial charge in [-0.15, -0.1) is 5.10 Å². The molecule has 0 spiro atoms. The molecule has 0 N–H and O–H groups in total. The minimum Gasteiger partial charge on any atom is -0.375 e. The predicted molar refractivity (Wildman–Crippen MR) is 147 cm³/mol. The predicted octanol–water partition coefficient (Wildman–Crippen LogP) is 6.36. The van der Waals surface area contributed by atoms with E-state index in [1.807, 2.05) is 30.3 Å². The standard InChI is InChI=1S/C27H21BrClF3N4O4S/c1-37-24-22(36-11-18(34-35-36)14-7-16(30)21(32)17(31)8-14)23-19(12-38-26(40-23)13-5-3-2-4-6-13)39-27(24)41-20-9-15(29)10-33-25(20)28/h2-11,19,22-24,26-27H,12H2,1H3/t19?,22?,23-,24?,26?,27+/m0/s1. The maximum absolute atomic E-state index is 14.0. The van der Waals surface area contributed by atoms with Crippen molar-refractivity contribution < 1.29 is 32.1 Å². The summed E-state index contributed by atoms with van der Waals surface area (Å²) in [4.78, 5) is 4.98. The lowest BCUT2D eigenvalue weighted by molar-refractivity contribution is -0.308. The van der Waals surface area contributed by atoms with Crippen molar-refractivity contribution in [3.63, 3.8) is 0 Å². The van der Waals surface area contributed by atoms with Crippen LogP contribution in [0.2, 0.25) is 5.02 Å². The van der Waals surface area contributed by atoms with E-state index in [-0.39, 0.29) is 17.9 Å². The van der Waals surface area contributed by atoms with Crippen LogP contribution in [-0.2, 0) is 18.9 Å². The van der Waals surface area contributed by atoms with Crippen molar-refractivity contribution in [1.29, 1.82) is 0 Å². The van der Waals surface area contributed by atoms with Crippen LogP contribution in [0.4, 0.5) is 13.2 Å². The molecule has 2 aromatic carbocycles. The Morgan fingerprint density at radius 3 is 2.59 bits per heavy atom. The molecule has 14 heteroatoms. The van der Waals surface area contributed by atoms with Crippen molar-refractivity contribution in [3.05, 3.63) is 93.6 Å². The van der Waals surface area contributed by atoms with Gasteiger partial charge in [-0.2, -0.15) is 0 Å². The van der Waals surface area contributed by atoms with Crippen LogP contribution in [0.5, 0.6) is 0 Å². The molecule has 0 bridgehead atoms. The van der Waals surface area contributed by atoms with Crippen LogP contribution in [0.25, 0.3) is 11.3 Å². The number of benzene rings is 2. The number of pyridine rings is 1. The van der Waals surface area contributed by atoms with E-state index >= 15 is 0 Å². The Balaban J connectivity index is 1.38. The first-order valence-electron chi connectivity index (χ1n) is 12.4. The lowest BCUT2D eigenvalue weighted by Crippen LogP contribution is -2.59. The van der Waals surface area contributed by atoms with Crippen molar-refractivity contribution in [1.82, 2.24) is 20.0 Å². The summed E-state index contributed by atoms with van der Waals surface area (Å²) in [5, 5.41) is 8.85. The first-order valence-corrected chi connectivity index (χ1v) is 14.4. The van der Waals surface area contributed by atoms with E-state index in [9.17, 15) is 13.2 Å². The molecule has 6 rings (SSSR count). The van der Waals surface area contributed by atoms with Crippen molar-refractivity contribution >= 4 is 39.3 Å². The molecule has 0 amide bonds. The van der Waals surface area contributed by atoms with Crippen LogP contribution in [0, 0.1) is 17.5 Å². The summed E-state index contributed by atoms with van der Waals surface area (Å²) in [5.74, 6) is -4.21. The van der Waals surface area contributed by atoms with Gasteiger partial charge in [0.1, 0.15) is 40.1 Å². The molecule has 2 aromatic heterocycles. The van der Waals surface area contributed by atoms with Gasteiger partial charge in [-0.3, -0.25) is 0 Å². The fourth-order valence-corrected chi connectivity index (χ4v) is 6.78. The van der Waals surface area contributed by atoms with Crippen LogP contribution in [0.1, 0.15) is 17.9 Å². The van der Waals surface area contributed by atoms with Crippen LogP contribution >= 0.6 is 39.3 Å². The zero-order chi connectivity index (χ0) is 28.7. The molecule has 2 aliphatic rings. The second kappa shape index (κ2) is 12.0. The van der Waals surface area contributed by atoms with Crippen LogP contribution in [0.3, 0.4) is 0 Å². The van der Waals surface area contributed by atoms with Gasteiger partial charge in [0.25, 0.3) is 0 Å². The highest BCUT2D eigenvalue weighted by Crippen LogP contribution is 2.45. The molecule has 6 atom stereocenters. The van der Waals surface area contributed by atoms with E-state index in [1.54, 1.807) is 6.07 Å². The van der Waals surface area contributed by atoms with Crippen LogP contribution < -0.4 is 0 Å². The molecule has 0 saturated carbocycles. The smallest absolute Gasteiger partial charge is 0.194 e. The third kappa shape index (κ3) is 5.76. The van der Waals surface area contributed by atoms with E-state index in [4.69, 9.17) is 30.5 Å². The molecular weight excluding hydrogens is 649 g/mol. The number of hydrogen-bond acceptors (Lipinski definition) is 8. The van der Waals surface area contributed by atoms with E-state index in [2.05, 4.69) is 31.2 Å². The molecule has 0 radical (unpaired) electrons. The Morgan fingerprint density at radius 2 is 1.85 bits per heavy atom. The number of aromatic nitrogens is 4. The van der Waals surface area contributed by atoms with Gasteiger partial charge in [0.2, 0.25) is 0 Å². The minimum atomic E-state index is -1.56. The molecule has 0 aliphatic carbocycles. The molecule has 2 aliphatic heterocycles. The summed E-state index contributed by atoms with van der Waals surface area (Å²) in [6.45, 7) is 0.207. The Morgan fingerprint density at radius 1 is 1.10 bits per heavy atom. The second-order valence-corrected chi connectivity index (χ2v) is 11.6. The Hall–Kier alpha value is -2.52. The van der Waals surface area contributed by atoms with Gasteiger partial charge in [0.05, 0.1) is 17.8 Å². The SMILES string of the molecule is COC1C(n2cc(-c3cc(F)c(F)c(F)c3)nn2)[C@H]2OC(c3ccccc3)OCC2O[C@@H]1Sc1cc(Cl)cnc1Br. The fourth-order valence-electron chi connectivity index (χ4n) is 4.86. The van der Waals surface area contributed by atoms with Gasteiger partial charge >= 0.3 is 0 Å². The van der Waals surface area contributed by atoms with Gasteiger partial charge in [-0.1, -0.05) is 58.9 Å². The highest BCUT2D eigenvalue weighted by atomic mass is 79.9. The summed E-state index contributed by atoms with van der Waals surface area (Å²) < 4.78 is 68.6. The number of methoxy groups -OCH3 is 1. The summed E-state index contributed by atoms with van der Waals surface area (Å²) in [6, 6.07) is 12.3. The van der Waals surface area contributed by atoms with Gasteiger partial charge in [0, 0.05) is 29.3 Å². The zero-order valence-corrected chi connectivity index (χ0v) is 24.3. The summed E-state index contributed by atoms with van der Waals surface area (Å²) >= 11 is 11.0. The lowest BCUT2D eigenvalue weighted by Gasteiger charge is -2.48. The summed E-state index contributed by atoms with van der Waals surface area (Å²) in [6.07, 6.45) is 0.545. The van der Waals surface area contributed by atoms with Crippen molar-refractivity contribution in [2.24, 2.45) is 0 Å². The van der Waals surface area contributed by atoms with Gasteiger partial charge in [0.15, 0.2) is 23.7 Å². The third-order valence-electron chi connectivity index (χ3n) is 6.77. The number of thioether (sulfide) groups is 1. The highest BCUT2D eigenvalue weighted by Gasteiger charge is 2.52. The average molecular weight is 670 g/mol. The minimum absolute atomic E-state index is 0.0279. The molecule has 2 fully saturated rings. The molecule has 2 saturated heterocycles. The van der Waals surface area contributed by atoms with E-state index in [1.165, 1.54) is 35.9 Å². The van der Waals surface area contributed by atoms with E-state index < -0.39 is 53.5 Å². The molecule has 8 nitrogen and oxygen atoms in total. The maximum Gasteiger partial charge on any atom is 0.194 e. The maximum atomic E-state index is 14.0. The Bertz CT molecular complexity index is 1530. The molecule has 4 heterocycles. The third-order valence-corrected chi connectivity index (χ3v) is 9.04. The quantitative estimate of drug-likeness (QED) is 0.173. The number of nitrogens with zero attached hydrogens (tertiary/aromatic N) is 4. The molecule has 4 aromatic rings.